The van der Waals surface area contributed by atoms with E-state index in [-0.39, 0.29) is 10.8 Å². The number of aromatic nitrogens is 2. The molecule has 1 heterocycles. The number of hydrogen-bond acceptors (Lipinski definition) is 5. The summed E-state index contributed by atoms with van der Waals surface area (Å²) >= 11 is 0. The minimum atomic E-state index is -3.55. The summed E-state index contributed by atoms with van der Waals surface area (Å²) in [6.07, 6.45) is 0.822. The first-order valence-electron chi connectivity index (χ1n) is 12.3. The van der Waals surface area contributed by atoms with E-state index in [2.05, 4.69) is 27.3 Å². The van der Waals surface area contributed by atoms with Crippen LogP contribution in [0, 0.1) is 0 Å². The molecule has 0 aliphatic heterocycles. The van der Waals surface area contributed by atoms with E-state index >= 15 is 0 Å². The molecular formula is C26H37N5O3S. The van der Waals surface area contributed by atoms with Gasteiger partial charge < -0.3 is 14.8 Å². The number of benzene rings is 2. The highest BCUT2D eigenvalue weighted by Crippen LogP contribution is 2.23. The number of carbonyl (C=O) groups excluding carboxylic acids is 1. The van der Waals surface area contributed by atoms with Gasteiger partial charge in [-0.25, -0.2) is 13.4 Å². The molecule has 0 fully saturated rings. The molecule has 8 nitrogen and oxygen atoms in total. The first-order chi connectivity index (χ1) is 16.8. The molecule has 0 atom stereocenters. The van der Waals surface area contributed by atoms with Crippen LogP contribution in [0.3, 0.4) is 0 Å². The summed E-state index contributed by atoms with van der Waals surface area (Å²) in [6, 6.07) is 15.3. The Bertz CT molecular complexity index is 1220. The van der Waals surface area contributed by atoms with E-state index < -0.39 is 10.0 Å². The SMILES string of the molecule is CCN(CC)S(=O)(=O)c1ccc2c(c1)nc(CCC(=O)NCCN(C)Cc1ccccc1)n2CC. The summed E-state index contributed by atoms with van der Waals surface area (Å²) in [6.45, 7) is 9.39. The first-order valence-corrected chi connectivity index (χ1v) is 13.7. The normalized spacial score (nSPS) is 12.1. The van der Waals surface area contributed by atoms with E-state index in [0.717, 1.165) is 24.4 Å². The third-order valence-corrected chi connectivity index (χ3v) is 8.19. The number of imidazole rings is 1. The van der Waals surface area contributed by atoms with E-state index in [1.807, 2.05) is 56.7 Å². The van der Waals surface area contributed by atoms with Crippen molar-refractivity contribution >= 4 is 27.0 Å². The monoisotopic (exact) mass is 499 g/mol. The number of hydrogen-bond donors (Lipinski definition) is 1. The van der Waals surface area contributed by atoms with Crippen molar-refractivity contribution in [3.05, 3.63) is 59.9 Å². The highest BCUT2D eigenvalue weighted by Gasteiger charge is 2.23. The lowest BCUT2D eigenvalue weighted by Crippen LogP contribution is -2.33. The summed E-state index contributed by atoms with van der Waals surface area (Å²) in [4.78, 5) is 19.6. The second-order valence-electron chi connectivity index (χ2n) is 8.59. The molecular weight excluding hydrogens is 462 g/mol. The third kappa shape index (κ3) is 6.68. The van der Waals surface area contributed by atoms with Crippen molar-refractivity contribution in [2.45, 2.75) is 51.6 Å². The van der Waals surface area contributed by atoms with Crippen LogP contribution < -0.4 is 5.32 Å². The van der Waals surface area contributed by atoms with Gasteiger partial charge in [0.2, 0.25) is 15.9 Å². The Labute approximate surface area is 209 Å². The zero-order valence-electron chi connectivity index (χ0n) is 21.2. The maximum atomic E-state index is 12.9. The summed E-state index contributed by atoms with van der Waals surface area (Å²) in [5.41, 5.74) is 2.76. The summed E-state index contributed by atoms with van der Waals surface area (Å²) in [5.74, 6) is 0.772. The molecule has 35 heavy (non-hydrogen) atoms. The Kier molecular flexibility index (Phi) is 9.42. The molecule has 1 aromatic heterocycles. The highest BCUT2D eigenvalue weighted by molar-refractivity contribution is 7.89. The first kappa shape index (κ1) is 26.8. The summed E-state index contributed by atoms with van der Waals surface area (Å²) < 4.78 is 29.3. The average molecular weight is 500 g/mol. The maximum Gasteiger partial charge on any atom is 0.243 e. The van der Waals surface area contributed by atoms with Crippen molar-refractivity contribution < 1.29 is 13.2 Å². The minimum absolute atomic E-state index is 0.0161. The number of aryl methyl sites for hydroxylation is 2. The van der Waals surface area contributed by atoms with Gasteiger partial charge in [-0.3, -0.25) is 4.79 Å². The van der Waals surface area contributed by atoms with Crippen molar-refractivity contribution in [2.24, 2.45) is 0 Å². The fraction of sp³-hybridized carbons (Fsp3) is 0.462. The van der Waals surface area contributed by atoms with Gasteiger partial charge in [0.05, 0.1) is 15.9 Å². The van der Waals surface area contributed by atoms with Gasteiger partial charge in [-0.1, -0.05) is 44.2 Å². The maximum absolute atomic E-state index is 12.9. The van der Waals surface area contributed by atoms with E-state index in [1.165, 1.54) is 9.87 Å². The fourth-order valence-electron chi connectivity index (χ4n) is 4.25. The average Bonchev–Trinajstić information content (AvgIpc) is 3.20. The lowest BCUT2D eigenvalue weighted by molar-refractivity contribution is -0.121. The van der Waals surface area contributed by atoms with E-state index in [0.29, 0.717) is 44.5 Å². The van der Waals surface area contributed by atoms with Gasteiger partial charge in [0.25, 0.3) is 0 Å². The molecule has 0 unspecified atom stereocenters. The molecule has 0 radical (unpaired) electrons. The Morgan fingerprint density at radius 2 is 1.77 bits per heavy atom. The smallest absolute Gasteiger partial charge is 0.243 e. The summed E-state index contributed by atoms with van der Waals surface area (Å²) in [7, 11) is -1.51. The second kappa shape index (κ2) is 12.3. The molecule has 0 saturated heterocycles. The van der Waals surface area contributed by atoms with Crippen LogP contribution in [-0.2, 0) is 34.3 Å². The molecule has 0 saturated carbocycles. The quantitative estimate of drug-likeness (QED) is 0.390. The van der Waals surface area contributed by atoms with Crippen LogP contribution in [0.25, 0.3) is 11.0 Å². The van der Waals surface area contributed by atoms with Crippen LogP contribution in [0.5, 0.6) is 0 Å². The minimum Gasteiger partial charge on any atom is -0.355 e. The molecule has 1 N–H and O–H groups in total. The fourth-order valence-corrected chi connectivity index (χ4v) is 5.73. The van der Waals surface area contributed by atoms with Gasteiger partial charge >= 0.3 is 0 Å². The summed E-state index contributed by atoms with van der Waals surface area (Å²) in [5, 5.41) is 2.99. The standard InChI is InChI=1S/C26H37N5O3S/c1-5-30(6-2)35(33,34)22-13-14-24-23(19-22)28-25(31(24)7-3)15-16-26(32)27-17-18-29(4)20-21-11-9-8-10-12-21/h8-14,19H,5-7,15-18,20H2,1-4H3,(H,27,32). The van der Waals surface area contributed by atoms with Gasteiger partial charge in [-0.15, -0.1) is 0 Å². The van der Waals surface area contributed by atoms with Crippen LogP contribution in [0.4, 0.5) is 0 Å². The predicted molar refractivity (Wildman–Crippen MR) is 140 cm³/mol. The van der Waals surface area contributed by atoms with Gasteiger partial charge in [-0.2, -0.15) is 4.31 Å². The molecule has 2 aromatic carbocycles. The number of likely N-dealkylation sites (N-methyl/N-ethyl adjacent to an activating group) is 1. The molecule has 0 aliphatic rings. The van der Waals surface area contributed by atoms with Crippen molar-refractivity contribution in [1.82, 2.24) is 24.1 Å². The number of carbonyl (C=O) groups is 1. The molecule has 9 heteroatoms. The van der Waals surface area contributed by atoms with Crippen LogP contribution in [0.1, 0.15) is 38.6 Å². The van der Waals surface area contributed by atoms with Crippen molar-refractivity contribution in [3.8, 4) is 0 Å². The third-order valence-electron chi connectivity index (χ3n) is 6.14. The molecule has 0 aliphatic carbocycles. The molecule has 3 aromatic rings. The Morgan fingerprint density at radius 1 is 1.06 bits per heavy atom. The van der Waals surface area contributed by atoms with Gasteiger partial charge in [0.1, 0.15) is 5.82 Å². The molecule has 1 amide bonds. The largest absolute Gasteiger partial charge is 0.355 e. The Morgan fingerprint density at radius 3 is 2.43 bits per heavy atom. The zero-order chi connectivity index (χ0) is 25.4. The van der Waals surface area contributed by atoms with Gasteiger partial charge in [0.15, 0.2) is 0 Å². The number of sulfonamides is 1. The van der Waals surface area contributed by atoms with Crippen LogP contribution in [-0.4, -0.2) is 66.3 Å². The number of fused-ring (bicyclic) bond motifs is 1. The molecule has 3 rings (SSSR count). The second-order valence-corrected chi connectivity index (χ2v) is 10.5. The van der Waals surface area contributed by atoms with E-state index in [9.17, 15) is 13.2 Å². The van der Waals surface area contributed by atoms with Crippen LogP contribution in [0.15, 0.2) is 53.4 Å². The van der Waals surface area contributed by atoms with Crippen molar-refractivity contribution in [1.29, 1.82) is 0 Å². The zero-order valence-corrected chi connectivity index (χ0v) is 22.0. The van der Waals surface area contributed by atoms with Gasteiger partial charge in [-0.05, 0) is 37.7 Å². The number of nitrogens with zero attached hydrogens (tertiary/aromatic N) is 4. The number of amides is 1. The van der Waals surface area contributed by atoms with Gasteiger partial charge in [0, 0.05) is 52.1 Å². The van der Waals surface area contributed by atoms with Crippen molar-refractivity contribution in [3.63, 3.8) is 0 Å². The lowest BCUT2D eigenvalue weighted by Gasteiger charge is -2.18. The van der Waals surface area contributed by atoms with E-state index in [4.69, 9.17) is 0 Å². The Hall–Kier alpha value is -2.75. The number of nitrogens with one attached hydrogen (secondary N) is 1. The lowest BCUT2D eigenvalue weighted by atomic mass is 10.2. The van der Waals surface area contributed by atoms with Crippen LogP contribution >= 0.6 is 0 Å². The van der Waals surface area contributed by atoms with E-state index in [1.54, 1.807) is 12.1 Å². The van der Waals surface area contributed by atoms with Crippen LogP contribution in [0.2, 0.25) is 0 Å². The van der Waals surface area contributed by atoms with Crippen molar-refractivity contribution in [2.75, 3.05) is 33.2 Å². The predicted octanol–water partition coefficient (Wildman–Crippen LogP) is 3.27. The molecule has 0 spiro atoms. The highest BCUT2D eigenvalue weighted by atomic mass is 32.2. The molecule has 190 valence electrons. The topological polar surface area (TPSA) is 87.5 Å². The molecule has 0 bridgehead atoms. The Balaban J connectivity index is 1.59. The number of rotatable bonds is 13.